The average molecular weight is 370 g/mol. The zero-order chi connectivity index (χ0) is 20.2. The molecule has 0 bridgehead atoms. The van der Waals surface area contributed by atoms with Gasteiger partial charge in [0.15, 0.2) is 0 Å². The lowest BCUT2D eigenvalue weighted by Gasteiger charge is -2.16. The topological polar surface area (TPSA) is 67.2 Å². The van der Waals surface area contributed by atoms with Gasteiger partial charge in [-0.1, -0.05) is 45.4 Å². The van der Waals surface area contributed by atoms with Gasteiger partial charge in [-0.25, -0.2) is 4.68 Å². The number of hydrogen-bond acceptors (Lipinski definition) is 3. The molecule has 0 unspecified atom stereocenters. The predicted molar refractivity (Wildman–Crippen MR) is 108 cm³/mol. The van der Waals surface area contributed by atoms with E-state index in [4.69, 9.17) is 5.10 Å². The van der Waals surface area contributed by atoms with Crippen LogP contribution in [0.15, 0.2) is 30.3 Å². The van der Waals surface area contributed by atoms with Gasteiger partial charge >= 0.3 is 0 Å². The number of aryl methyl sites for hydroxylation is 1. The maximum Gasteiger partial charge on any atom is 0.245 e. The molecule has 2 amide bonds. The summed E-state index contributed by atoms with van der Waals surface area (Å²) in [5.74, 6) is 0.330. The van der Waals surface area contributed by atoms with Crippen molar-refractivity contribution in [3.05, 3.63) is 41.6 Å². The van der Waals surface area contributed by atoms with E-state index in [1.807, 2.05) is 44.2 Å². The molecule has 0 spiro atoms. The van der Waals surface area contributed by atoms with Crippen LogP contribution in [0.4, 0.5) is 5.82 Å². The second-order valence-electron chi connectivity index (χ2n) is 7.96. The van der Waals surface area contributed by atoms with Crippen LogP contribution in [-0.2, 0) is 15.0 Å². The summed E-state index contributed by atoms with van der Waals surface area (Å²) in [4.78, 5) is 25.9. The molecular weight excluding hydrogens is 340 g/mol. The number of anilines is 1. The van der Waals surface area contributed by atoms with Gasteiger partial charge in [-0.15, -0.1) is 0 Å². The Morgan fingerprint density at radius 3 is 2.37 bits per heavy atom. The van der Waals surface area contributed by atoms with Crippen LogP contribution in [-0.4, -0.2) is 40.1 Å². The van der Waals surface area contributed by atoms with Crippen molar-refractivity contribution < 1.29 is 9.59 Å². The fourth-order valence-electron chi connectivity index (χ4n) is 2.61. The Kier molecular flexibility index (Phi) is 6.41. The van der Waals surface area contributed by atoms with Crippen molar-refractivity contribution in [1.82, 2.24) is 14.7 Å². The average Bonchev–Trinajstić information content (AvgIpc) is 2.99. The molecule has 0 aliphatic carbocycles. The number of likely N-dealkylation sites (N-methyl/N-ethyl adjacent to an activating group) is 1. The zero-order valence-corrected chi connectivity index (χ0v) is 17.2. The first-order valence-electron chi connectivity index (χ1n) is 9.33. The lowest BCUT2D eigenvalue weighted by molar-refractivity contribution is -0.133. The van der Waals surface area contributed by atoms with Crippen LogP contribution in [0.25, 0.3) is 5.69 Å². The number of benzene rings is 1. The maximum atomic E-state index is 12.5. The second kappa shape index (κ2) is 8.37. The summed E-state index contributed by atoms with van der Waals surface area (Å²) in [5, 5.41) is 7.61. The predicted octanol–water partition coefficient (Wildman–Crippen LogP) is 3.68. The third-order valence-corrected chi connectivity index (χ3v) is 4.29. The summed E-state index contributed by atoms with van der Waals surface area (Å²) in [6.45, 7) is 10.2. The van der Waals surface area contributed by atoms with Gasteiger partial charge in [0.05, 0.1) is 17.9 Å². The molecule has 2 rings (SSSR count). The van der Waals surface area contributed by atoms with Crippen LogP contribution in [0.3, 0.4) is 0 Å². The fraction of sp³-hybridized carbons (Fsp3) is 0.476. The van der Waals surface area contributed by atoms with Crippen molar-refractivity contribution in [1.29, 1.82) is 0 Å². The van der Waals surface area contributed by atoms with Crippen molar-refractivity contribution in [2.45, 2.75) is 52.9 Å². The number of rotatable bonds is 6. The number of nitrogens with zero attached hydrogens (tertiary/aromatic N) is 3. The van der Waals surface area contributed by atoms with Crippen LogP contribution in [0, 0.1) is 6.92 Å². The van der Waals surface area contributed by atoms with Crippen LogP contribution in [0.5, 0.6) is 0 Å². The molecule has 0 fully saturated rings. The van der Waals surface area contributed by atoms with E-state index in [1.54, 1.807) is 11.7 Å². The first kappa shape index (κ1) is 20.7. The first-order valence-corrected chi connectivity index (χ1v) is 9.33. The molecule has 0 aliphatic heterocycles. The molecule has 6 nitrogen and oxygen atoms in total. The van der Waals surface area contributed by atoms with Crippen molar-refractivity contribution in [3.8, 4) is 5.69 Å². The normalized spacial score (nSPS) is 11.3. The van der Waals surface area contributed by atoms with E-state index in [0.29, 0.717) is 12.2 Å². The zero-order valence-electron chi connectivity index (χ0n) is 17.2. The van der Waals surface area contributed by atoms with Gasteiger partial charge in [-0.3, -0.25) is 9.59 Å². The van der Waals surface area contributed by atoms with E-state index >= 15 is 0 Å². The van der Waals surface area contributed by atoms with Gasteiger partial charge in [0, 0.05) is 24.9 Å². The Labute approximate surface area is 161 Å². The molecule has 0 atom stereocenters. The molecule has 146 valence electrons. The van der Waals surface area contributed by atoms with Crippen LogP contribution in [0.2, 0.25) is 0 Å². The molecule has 27 heavy (non-hydrogen) atoms. The Hall–Kier alpha value is -2.63. The Balaban J connectivity index is 2.26. The summed E-state index contributed by atoms with van der Waals surface area (Å²) in [6.07, 6.45) is 1.21. The Morgan fingerprint density at radius 2 is 1.81 bits per heavy atom. The lowest BCUT2D eigenvalue weighted by atomic mass is 9.92. The molecule has 2 aromatic rings. The van der Waals surface area contributed by atoms with E-state index in [-0.39, 0.29) is 23.8 Å². The molecule has 0 radical (unpaired) electrons. The highest BCUT2D eigenvalue weighted by molar-refractivity contribution is 5.94. The first-order chi connectivity index (χ1) is 12.6. The lowest BCUT2D eigenvalue weighted by Crippen LogP contribution is -2.35. The highest BCUT2D eigenvalue weighted by Gasteiger charge is 2.22. The molecule has 0 saturated heterocycles. The van der Waals surface area contributed by atoms with E-state index in [1.165, 1.54) is 4.90 Å². The van der Waals surface area contributed by atoms with Gasteiger partial charge in [0.25, 0.3) is 0 Å². The minimum Gasteiger partial charge on any atom is -0.336 e. The Bertz CT molecular complexity index is 801. The number of carbonyl (C=O) groups excluding carboxylic acids is 2. The Morgan fingerprint density at radius 1 is 1.19 bits per heavy atom. The quantitative estimate of drug-likeness (QED) is 0.843. The van der Waals surface area contributed by atoms with Crippen LogP contribution in [0.1, 0.15) is 51.8 Å². The van der Waals surface area contributed by atoms with Crippen LogP contribution >= 0.6 is 0 Å². The highest BCUT2D eigenvalue weighted by atomic mass is 16.2. The van der Waals surface area contributed by atoms with Crippen molar-refractivity contribution in [2.75, 3.05) is 18.9 Å². The number of aromatic nitrogens is 2. The van der Waals surface area contributed by atoms with Gasteiger partial charge in [0.2, 0.25) is 11.8 Å². The second-order valence-corrected chi connectivity index (χ2v) is 7.96. The van der Waals surface area contributed by atoms with E-state index < -0.39 is 0 Å². The summed E-state index contributed by atoms with van der Waals surface area (Å²) < 4.78 is 1.74. The maximum absolute atomic E-state index is 12.5. The summed E-state index contributed by atoms with van der Waals surface area (Å²) in [5.41, 5.74) is 2.77. The molecule has 1 aromatic carbocycles. The number of hydrogen-bond donors (Lipinski definition) is 1. The van der Waals surface area contributed by atoms with E-state index in [0.717, 1.165) is 23.4 Å². The van der Waals surface area contributed by atoms with Gasteiger partial charge in [-0.05, 0) is 25.5 Å². The fourth-order valence-corrected chi connectivity index (χ4v) is 2.61. The number of amides is 2. The van der Waals surface area contributed by atoms with E-state index in [9.17, 15) is 9.59 Å². The molecule has 0 aliphatic rings. The summed E-state index contributed by atoms with van der Waals surface area (Å²) >= 11 is 0. The van der Waals surface area contributed by atoms with Gasteiger partial charge < -0.3 is 10.2 Å². The largest absolute Gasteiger partial charge is 0.336 e. The standard InChI is InChI=1S/C21H30N4O2/c1-7-8-20(27)24(6)14-19(26)22-18-13-17(21(3,4)5)23-25(18)16-11-9-15(2)10-12-16/h9-13H,7-8,14H2,1-6H3,(H,22,26). The summed E-state index contributed by atoms with van der Waals surface area (Å²) in [6, 6.07) is 9.86. The van der Waals surface area contributed by atoms with Crippen molar-refractivity contribution in [2.24, 2.45) is 0 Å². The monoisotopic (exact) mass is 370 g/mol. The van der Waals surface area contributed by atoms with Crippen molar-refractivity contribution in [3.63, 3.8) is 0 Å². The van der Waals surface area contributed by atoms with Crippen molar-refractivity contribution >= 4 is 17.6 Å². The van der Waals surface area contributed by atoms with Gasteiger partial charge in [0.1, 0.15) is 5.82 Å². The molecule has 1 N–H and O–H groups in total. The minimum atomic E-state index is -0.240. The smallest absolute Gasteiger partial charge is 0.245 e. The molecule has 6 heteroatoms. The van der Waals surface area contributed by atoms with Gasteiger partial charge in [-0.2, -0.15) is 5.10 Å². The molecule has 1 heterocycles. The number of nitrogens with one attached hydrogen (secondary N) is 1. The highest BCUT2D eigenvalue weighted by Crippen LogP contribution is 2.26. The third kappa shape index (κ3) is 5.42. The molecular formula is C21H30N4O2. The number of carbonyl (C=O) groups is 2. The third-order valence-electron chi connectivity index (χ3n) is 4.29. The van der Waals surface area contributed by atoms with E-state index in [2.05, 4.69) is 26.1 Å². The minimum absolute atomic E-state index is 0.0166. The SMILES string of the molecule is CCCC(=O)N(C)CC(=O)Nc1cc(C(C)(C)C)nn1-c1ccc(C)cc1. The van der Waals surface area contributed by atoms with Crippen LogP contribution < -0.4 is 5.32 Å². The summed E-state index contributed by atoms with van der Waals surface area (Å²) in [7, 11) is 1.65. The molecule has 1 aromatic heterocycles. The molecule has 0 saturated carbocycles.